The lowest BCUT2D eigenvalue weighted by atomic mass is 10.2. The number of nitro groups is 1. The number of hydrogen-bond donors (Lipinski definition) is 0. The standard InChI is InChI=1S/C19H21N3O8S3/c1-12(23)32-16-7-17(18-20-14(11-31-18)10-30-33(2,27)28)21(8-16)19(24)29-9-13-3-5-15(6-4-13)22(25)26/h3-6,11,16-17H,7-10H2,1-2H3/t16-,17-/m0/s1. The normalized spacial score (nSPS) is 18.3. The van der Waals surface area contributed by atoms with Gasteiger partial charge in [-0.3, -0.25) is 24.0 Å². The fourth-order valence-electron chi connectivity index (χ4n) is 3.20. The summed E-state index contributed by atoms with van der Waals surface area (Å²) in [5.74, 6) is 0. The monoisotopic (exact) mass is 515 g/mol. The van der Waals surface area contributed by atoms with E-state index in [9.17, 15) is 28.1 Å². The van der Waals surface area contributed by atoms with E-state index >= 15 is 0 Å². The van der Waals surface area contributed by atoms with Gasteiger partial charge in [-0.15, -0.1) is 11.3 Å². The highest BCUT2D eigenvalue weighted by molar-refractivity contribution is 8.14. The number of rotatable bonds is 8. The fourth-order valence-corrected chi connectivity index (χ4v) is 5.45. The highest BCUT2D eigenvalue weighted by Gasteiger charge is 2.39. The number of hydrogen-bond acceptors (Lipinski definition) is 11. The van der Waals surface area contributed by atoms with Crippen LogP contribution in [0.5, 0.6) is 0 Å². The average molecular weight is 516 g/mol. The van der Waals surface area contributed by atoms with E-state index in [4.69, 9.17) is 8.92 Å². The van der Waals surface area contributed by atoms with Crippen LogP contribution in [0, 0.1) is 10.1 Å². The number of thiazole rings is 1. The first-order chi connectivity index (χ1) is 15.5. The Kier molecular flexibility index (Phi) is 8.05. The van der Waals surface area contributed by atoms with Crippen LogP contribution in [0.4, 0.5) is 10.5 Å². The quantitative estimate of drug-likeness (QED) is 0.291. The second-order valence-electron chi connectivity index (χ2n) is 7.26. The van der Waals surface area contributed by atoms with E-state index in [2.05, 4.69) is 4.98 Å². The minimum absolute atomic E-state index is 0.0618. The largest absolute Gasteiger partial charge is 0.445 e. The summed E-state index contributed by atoms with van der Waals surface area (Å²) in [6.07, 6.45) is 0.828. The zero-order valence-electron chi connectivity index (χ0n) is 17.7. The van der Waals surface area contributed by atoms with Gasteiger partial charge in [-0.2, -0.15) is 8.42 Å². The lowest BCUT2D eigenvalue weighted by molar-refractivity contribution is -0.384. The SMILES string of the molecule is CC(=O)S[C@H]1C[C@@H](c2nc(COS(C)(=O)=O)cs2)N(C(=O)OCc2ccc([N+](=O)[O-])cc2)C1. The van der Waals surface area contributed by atoms with Crippen LogP contribution in [0.1, 0.15) is 35.7 Å². The number of non-ortho nitro benzene ring substituents is 1. The number of amides is 1. The lowest BCUT2D eigenvalue weighted by Crippen LogP contribution is -2.32. The molecule has 2 heterocycles. The zero-order chi connectivity index (χ0) is 24.2. The number of benzene rings is 1. The van der Waals surface area contributed by atoms with Crippen molar-refractivity contribution in [1.82, 2.24) is 9.88 Å². The molecule has 0 aliphatic carbocycles. The molecular weight excluding hydrogens is 494 g/mol. The lowest BCUT2D eigenvalue weighted by Gasteiger charge is -2.22. The molecule has 1 amide bonds. The molecule has 1 aliphatic heterocycles. The molecule has 0 spiro atoms. The van der Waals surface area contributed by atoms with E-state index in [1.54, 1.807) is 5.38 Å². The molecule has 11 nitrogen and oxygen atoms in total. The van der Waals surface area contributed by atoms with Crippen molar-refractivity contribution in [1.29, 1.82) is 0 Å². The van der Waals surface area contributed by atoms with Crippen molar-refractivity contribution < 1.29 is 31.9 Å². The van der Waals surface area contributed by atoms with Gasteiger partial charge >= 0.3 is 6.09 Å². The zero-order valence-corrected chi connectivity index (χ0v) is 20.2. The van der Waals surface area contributed by atoms with Gasteiger partial charge in [-0.05, 0) is 24.1 Å². The van der Waals surface area contributed by atoms with Crippen molar-refractivity contribution in [3.63, 3.8) is 0 Å². The van der Waals surface area contributed by atoms with Gasteiger partial charge in [0.25, 0.3) is 15.8 Å². The van der Waals surface area contributed by atoms with Crippen LogP contribution in [0.2, 0.25) is 0 Å². The highest BCUT2D eigenvalue weighted by atomic mass is 32.2. The van der Waals surface area contributed by atoms with Gasteiger partial charge in [-0.1, -0.05) is 11.8 Å². The van der Waals surface area contributed by atoms with Gasteiger partial charge in [-0.25, -0.2) is 9.78 Å². The van der Waals surface area contributed by atoms with E-state index in [1.807, 2.05) is 0 Å². The van der Waals surface area contributed by atoms with Gasteiger partial charge in [0.05, 0.1) is 22.9 Å². The van der Waals surface area contributed by atoms with Gasteiger partial charge in [0.2, 0.25) is 0 Å². The number of carbonyl (C=O) groups is 2. The summed E-state index contributed by atoms with van der Waals surface area (Å²) in [5, 5.41) is 12.8. The van der Waals surface area contributed by atoms with Crippen LogP contribution in [0.15, 0.2) is 29.6 Å². The maximum atomic E-state index is 12.8. The fraction of sp³-hybridized carbons (Fsp3) is 0.421. The maximum absolute atomic E-state index is 12.8. The molecule has 1 aliphatic rings. The number of carbonyl (C=O) groups excluding carboxylic acids is 2. The smallest absolute Gasteiger partial charge is 0.410 e. The molecule has 2 atom stereocenters. The molecule has 0 radical (unpaired) electrons. The van der Waals surface area contributed by atoms with Crippen LogP contribution in [-0.4, -0.2) is 52.5 Å². The van der Waals surface area contributed by atoms with Crippen molar-refractivity contribution in [3.05, 3.63) is 56.0 Å². The van der Waals surface area contributed by atoms with Gasteiger partial charge < -0.3 is 4.74 Å². The Morgan fingerprint density at radius 1 is 1.30 bits per heavy atom. The molecular formula is C19H21N3O8S3. The Balaban J connectivity index is 1.70. The first kappa shape index (κ1) is 25.1. The molecule has 1 aromatic heterocycles. The van der Waals surface area contributed by atoms with Crippen molar-refractivity contribution in [2.75, 3.05) is 12.8 Å². The highest BCUT2D eigenvalue weighted by Crippen LogP contribution is 2.39. The molecule has 0 N–H and O–H groups in total. The summed E-state index contributed by atoms with van der Waals surface area (Å²) >= 11 is 2.41. The molecule has 14 heteroatoms. The molecule has 3 rings (SSSR count). The van der Waals surface area contributed by atoms with Crippen molar-refractivity contribution >= 4 is 50.1 Å². The van der Waals surface area contributed by atoms with E-state index in [1.165, 1.54) is 47.4 Å². The Labute approximate surface area is 198 Å². The third-order valence-corrected chi connectivity index (χ3v) is 7.16. The molecule has 1 saturated heterocycles. The molecule has 1 fully saturated rings. The van der Waals surface area contributed by atoms with E-state index in [0.717, 1.165) is 18.0 Å². The summed E-state index contributed by atoms with van der Waals surface area (Å²) in [4.78, 5) is 40.6. The van der Waals surface area contributed by atoms with E-state index in [-0.39, 0.29) is 35.8 Å². The Morgan fingerprint density at radius 2 is 2.00 bits per heavy atom. The second kappa shape index (κ2) is 10.6. The molecule has 2 aromatic rings. The number of thioether (sulfide) groups is 1. The molecule has 33 heavy (non-hydrogen) atoms. The minimum atomic E-state index is -3.62. The first-order valence-electron chi connectivity index (χ1n) is 9.64. The summed E-state index contributed by atoms with van der Waals surface area (Å²) in [7, 11) is -3.62. The molecule has 178 valence electrons. The summed E-state index contributed by atoms with van der Waals surface area (Å²) in [5.41, 5.74) is 0.948. The number of aromatic nitrogens is 1. The number of nitrogens with zero attached hydrogens (tertiary/aromatic N) is 3. The topological polar surface area (TPSA) is 146 Å². The summed E-state index contributed by atoms with van der Waals surface area (Å²) < 4.78 is 32.6. The second-order valence-corrected chi connectivity index (χ2v) is 11.3. The number of ether oxygens (including phenoxy) is 1. The number of nitro benzene ring substituents is 1. The molecule has 1 aromatic carbocycles. The molecule has 0 unspecified atom stereocenters. The Morgan fingerprint density at radius 3 is 2.61 bits per heavy atom. The maximum Gasteiger partial charge on any atom is 0.410 e. The van der Waals surface area contributed by atoms with Crippen molar-refractivity contribution in [2.24, 2.45) is 0 Å². The minimum Gasteiger partial charge on any atom is -0.445 e. The van der Waals surface area contributed by atoms with Gasteiger partial charge in [0, 0.05) is 36.2 Å². The number of likely N-dealkylation sites (tertiary alicyclic amines) is 1. The van der Waals surface area contributed by atoms with Gasteiger partial charge in [0.15, 0.2) is 5.12 Å². The summed E-state index contributed by atoms with van der Waals surface area (Å²) in [6.45, 7) is 1.45. The van der Waals surface area contributed by atoms with Crippen LogP contribution < -0.4 is 0 Å². The van der Waals surface area contributed by atoms with Crippen LogP contribution in [0.25, 0.3) is 0 Å². The predicted molar refractivity (Wildman–Crippen MR) is 121 cm³/mol. The Hall–Kier alpha value is -2.55. The van der Waals surface area contributed by atoms with Gasteiger partial charge in [0.1, 0.15) is 18.2 Å². The van der Waals surface area contributed by atoms with Crippen molar-refractivity contribution in [2.45, 2.75) is 37.9 Å². The van der Waals surface area contributed by atoms with E-state index in [0.29, 0.717) is 22.7 Å². The summed E-state index contributed by atoms with van der Waals surface area (Å²) in [6, 6.07) is 5.24. The Bertz CT molecular complexity index is 1130. The molecule has 0 bridgehead atoms. The average Bonchev–Trinajstić information content (AvgIpc) is 3.37. The third kappa shape index (κ3) is 7.22. The predicted octanol–water partition coefficient (Wildman–Crippen LogP) is 3.26. The van der Waals surface area contributed by atoms with Crippen LogP contribution in [-0.2, 0) is 37.0 Å². The first-order valence-corrected chi connectivity index (χ1v) is 13.2. The van der Waals surface area contributed by atoms with Crippen LogP contribution in [0.3, 0.4) is 0 Å². The van der Waals surface area contributed by atoms with Crippen LogP contribution >= 0.6 is 23.1 Å². The van der Waals surface area contributed by atoms with Crippen molar-refractivity contribution in [3.8, 4) is 0 Å². The van der Waals surface area contributed by atoms with E-state index < -0.39 is 27.2 Å². The third-order valence-electron chi connectivity index (χ3n) is 4.61. The molecule has 0 saturated carbocycles.